The number of halogens is 1. The van der Waals surface area contributed by atoms with Gasteiger partial charge in [-0.05, 0) is 53.8 Å². The van der Waals surface area contributed by atoms with E-state index in [1.807, 2.05) is 13.8 Å². The van der Waals surface area contributed by atoms with Crippen molar-refractivity contribution in [1.29, 1.82) is 0 Å². The van der Waals surface area contributed by atoms with Crippen LogP contribution in [0.4, 0.5) is 5.82 Å². The lowest BCUT2D eigenvalue weighted by molar-refractivity contribution is 0.950. The number of nitrogens with one attached hydrogen (secondary N) is 1. The molecule has 1 N–H and O–H groups in total. The van der Waals surface area contributed by atoms with Crippen molar-refractivity contribution in [3.05, 3.63) is 38.7 Å². The van der Waals surface area contributed by atoms with Crippen LogP contribution in [0, 0.1) is 13.8 Å². The third kappa shape index (κ3) is 2.96. The number of hydrogen-bond donors (Lipinski definition) is 1. The highest BCUT2D eigenvalue weighted by Gasteiger charge is 2.07. The minimum atomic E-state index is 0.478. The summed E-state index contributed by atoms with van der Waals surface area (Å²) in [6.07, 6.45) is 0.992. The van der Waals surface area contributed by atoms with E-state index in [1.165, 1.54) is 5.56 Å². The van der Waals surface area contributed by atoms with Gasteiger partial charge in [-0.2, -0.15) is 11.3 Å². The van der Waals surface area contributed by atoms with Crippen LogP contribution in [0.1, 0.15) is 16.7 Å². The molecule has 0 saturated carbocycles. The second-order valence-electron chi connectivity index (χ2n) is 3.90. The normalized spacial score (nSPS) is 10.5. The summed E-state index contributed by atoms with van der Waals surface area (Å²) >= 11 is 7.62. The van der Waals surface area contributed by atoms with Gasteiger partial charge in [0.2, 0.25) is 0 Å². The number of thiophene rings is 1. The molecule has 0 aliphatic heterocycles. The van der Waals surface area contributed by atoms with E-state index in [0.717, 1.165) is 29.9 Å². The van der Waals surface area contributed by atoms with Crippen LogP contribution in [-0.4, -0.2) is 16.7 Å². The van der Waals surface area contributed by atoms with Gasteiger partial charge in [0, 0.05) is 6.54 Å². The van der Waals surface area contributed by atoms with Crippen LogP contribution >= 0.6 is 22.9 Å². The number of nitrogens with zero attached hydrogens (tertiary/aromatic N) is 2. The standard InChI is InChI=1S/C12H14ClN3S/c1-8-9(2)12(16-15-11(8)13)14-5-3-10-4-6-17-7-10/h4,6-7H,3,5H2,1-2H3,(H,14,16). The third-order valence-electron chi connectivity index (χ3n) is 2.75. The van der Waals surface area contributed by atoms with Crippen LogP contribution in [0.25, 0.3) is 0 Å². The van der Waals surface area contributed by atoms with Crippen LogP contribution < -0.4 is 5.32 Å². The molecule has 0 radical (unpaired) electrons. The molecule has 5 heteroatoms. The molecule has 90 valence electrons. The number of rotatable bonds is 4. The Bertz CT molecular complexity index is 497. The van der Waals surface area contributed by atoms with E-state index in [9.17, 15) is 0 Å². The maximum absolute atomic E-state index is 5.90. The van der Waals surface area contributed by atoms with Crippen LogP contribution in [0.15, 0.2) is 16.8 Å². The van der Waals surface area contributed by atoms with Gasteiger partial charge in [0.15, 0.2) is 11.0 Å². The molecule has 0 aliphatic rings. The lowest BCUT2D eigenvalue weighted by atomic mass is 10.2. The molecule has 2 rings (SSSR count). The molecular weight excluding hydrogens is 254 g/mol. The zero-order valence-corrected chi connectivity index (χ0v) is 11.4. The number of anilines is 1. The summed E-state index contributed by atoms with van der Waals surface area (Å²) in [5, 5.41) is 16.0. The quantitative estimate of drug-likeness (QED) is 0.922. The van der Waals surface area contributed by atoms with E-state index in [-0.39, 0.29) is 0 Å². The number of hydrogen-bond acceptors (Lipinski definition) is 4. The second-order valence-corrected chi connectivity index (χ2v) is 5.04. The van der Waals surface area contributed by atoms with E-state index in [4.69, 9.17) is 11.6 Å². The van der Waals surface area contributed by atoms with Crippen LogP contribution in [-0.2, 0) is 6.42 Å². The molecule has 0 spiro atoms. The Morgan fingerprint density at radius 1 is 1.29 bits per heavy atom. The van der Waals surface area contributed by atoms with Crippen molar-refractivity contribution in [3.8, 4) is 0 Å². The van der Waals surface area contributed by atoms with Gasteiger partial charge in [-0.15, -0.1) is 10.2 Å². The van der Waals surface area contributed by atoms with Gasteiger partial charge in [-0.1, -0.05) is 11.6 Å². The van der Waals surface area contributed by atoms with Crippen molar-refractivity contribution >= 4 is 28.8 Å². The zero-order chi connectivity index (χ0) is 12.3. The first-order chi connectivity index (χ1) is 8.18. The third-order valence-corrected chi connectivity index (χ3v) is 3.84. The van der Waals surface area contributed by atoms with E-state index in [0.29, 0.717) is 5.15 Å². The van der Waals surface area contributed by atoms with Crippen LogP contribution in [0.2, 0.25) is 5.15 Å². The summed E-state index contributed by atoms with van der Waals surface area (Å²) in [6.45, 7) is 4.81. The fourth-order valence-corrected chi connectivity index (χ4v) is 2.39. The maximum Gasteiger partial charge on any atom is 0.155 e. The molecule has 2 aromatic rings. The van der Waals surface area contributed by atoms with E-state index in [2.05, 4.69) is 32.3 Å². The summed E-state index contributed by atoms with van der Waals surface area (Å²) in [5.41, 5.74) is 3.40. The van der Waals surface area contributed by atoms with Gasteiger partial charge >= 0.3 is 0 Å². The van der Waals surface area contributed by atoms with Crippen molar-refractivity contribution in [1.82, 2.24) is 10.2 Å². The largest absolute Gasteiger partial charge is 0.368 e. The highest BCUT2D eigenvalue weighted by Crippen LogP contribution is 2.20. The molecule has 0 aromatic carbocycles. The van der Waals surface area contributed by atoms with Gasteiger partial charge in [-0.25, -0.2) is 0 Å². The lowest BCUT2D eigenvalue weighted by Gasteiger charge is -2.09. The van der Waals surface area contributed by atoms with E-state index in [1.54, 1.807) is 11.3 Å². The van der Waals surface area contributed by atoms with Crippen LogP contribution in [0.5, 0.6) is 0 Å². The predicted molar refractivity (Wildman–Crippen MR) is 73.0 cm³/mol. The summed E-state index contributed by atoms with van der Waals surface area (Å²) in [7, 11) is 0. The highest BCUT2D eigenvalue weighted by molar-refractivity contribution is 7.07. The van der Waals surface area contributed by atoms with Crippen molar-refractivity contribution in [3.63, 3.8) is 0 Å². The van der Waals surface area contributed by atoms with Crippen molar-refractivity contribution < 1.29 is 0 Å². The average molecular weight is 268 g/mol. The zero-order valence-electron chi connectivity index (χ0n) is 9.83. The Labute approximate surface area is 110 Å². The Kier molecular flexibility index (Phi) is 3.97. The predicted octanol–water partition coefficient (Wildman–Crippen LogP) is 3.46. The molecule has 0 saturated heterocycles. The van der Waals surface area contributed by atoms with Gasteiger partial charge in [-0.3, -0.25) is 0 Å². The molecule has 17 heavy (non-hydrogen) atoms. The molecule has 0 amide bonds. The molecular formula is C12H14ClN3S. The fourth-order valence-electron chi connectivity index (χ4n) is 1.50. The van der Waals surface area contributed by atoms with Gasteiger partial charge in [0.1, 0.15) is 0 Å². The molecule has 0 fully saturated rings. The Balaban J connectivity index is 1.97. The Morgan fingerprint density at radius 3 is 2.82 bits per heavy atom. The summed E-state index contributed by atoms with van der Waals surface area (Å²) in [5.74, 6) is 0.821. The van der Waals surface area contributed by atoms with Crippen molar-refractivity contribution in [2.24, 2.45) is 0 Å². The average Bonchev–Trinajstić information content (AvgIpc) is 2.82. The monoisotopic (exact) mass is 267 g/mol. The van der Waals surface area contributed by atoms with Gasteiger partial charge in [0.25, 0.3) is 0 Å². The smallest absolute Gasteiger partial charge is 0.155 e. The summed E-state index contributed by atoms with van der Waals surface area (Å²) < 4.78 is 0. The Hall–Kier alpha value is -1.13. The molecule has 3 nitrogen and oxygen atoms in total. The lowest BCUT2D eigenvalue weighted by Crippen LogP contribution is -2.09. The molecule has 0 atom stereocenters. The van der Waals surface area contributed by atoms with Gasteiger partial charge < -0.3 is 5.32 Å². The minimum Gasteiger partial charge on any atom is -0.368 e. The first-order valence-corrected chi connectivity index (χ1v) is 6.75. The van der Waals surface area contributed by atoms with Crippen LogP contribution in [0.3, 0.4) is 0 Å². The van der Waals surface area contributed by atoms with E-state index >= 15 is 0 Å². The Morgan fingerprint density at radius 2 is 2.12 bits per heavy atom. The highest BCUT2D eigenvalue weighted by atomic mass is 35.5. The summed E-state index contributed by atoms with van der Waals surface area (Å²) in [6, 6.07) is 2.14. The van der Waals surface area contributed by atoms with Gasteiger partial charge in [0.05, 0.1) is 0 Å². The molecule has 0 aliphatic carbocycles. The molecule has 0 bridgehead atoms. The topological polar surface area (TPSA) is 37.8 Å². The van der Waals surface area contributed by atoms with Crippen molar-refractivity contribution in [2.45, 2.75) is 20.3 Å². The van der Waals surface area contributed by atoms with Crippen molar-refractivity contribution in [2.75, 3.05) is 11.9 Å². The summed E-state index contributed by atoms with van der Waals surface area (Å²) in [4.78, 5) is 0. The first kappa shape index (κ1) is 12.3. The van der Waals surface area contributed by atoms with E-state index < -0.39 is 0 Å². The number of aromatic nitrogens is 2. The first-order valence-electron chi connectivity index (χ1n) is 5.43. The molecule has 2 aromatic heterocycles. The molecule has 0 unspecified atom stereocenters. The molecule has 2 heterocycles. The minimum absolute atomic E-state index is 0.478. The maximum atomic E-state index is 5.90. The second kappa shape index (κ2) is 5.47. The fraction of sp³-hybridized carbons (Fsp3) is 0.333. The SMILES string of the molecule is Cc1c(Cl)nnc(NCCc2ccsc2)c1C.